The number of hydrogen-bond acceptors (Lipinski definition) is 10. The van der Waals surface area contributed by atoms with Crippen molar-refractivity contribution in [3.8, 4) is 11.5 Å². The Morgan fingerprint density at radius 3 is 2.16 bits per heavy atom. The molecule has 1 unspecified atom stereocenters. The van der Waals surface area contributed by atoms with Crippen LogP contribution >= 0.6 is 0 Å². The number of esters is 2. The number of non-ortho nitro benzene ring substituents is 1. The van der Waals surface area contributed by atoms with Gasteiger partial charge >= 0.3 is 11.9 Å². The number of benzene rings is 2. The molecule has 2 aromatic rings. The summed E-state index contributed by atoms with van der Waals surface area (Å²) in [6.07, 6.45) is 3.38. The van der Waals surface area contributed by atoms with Gasteiger partial charge in [0.2, 0.25) is 0 Å². The third-order valence-corrected chi connectivity index (χ3v) is 7.30. The molecular weight excluding hydrogens is 554 g/mol. The van der Waals surface area contributed by atoms with Gasteiger partial charge in [-0.05, 0) is 64.3 Å². The highest BCUT2D eigenvalue weighted by Crippen LogP contribution is 2.44. The summed E-state index contributed by atoms with van der Waals surface area (Å²) in [6, 6.07) is 14.2. The molecule has 0 radical (unpaired) electrons. The Labute approximate surface area is 252 Å². The highest BCUT2D eigenvalue weighted by molar-refractivity contribution is 6.00. The summed E-state index contributed by atoms with van der Waals surface area (Å²) in [4.78, 5) is 37.1. The highest BCUT2D eigenvalue weighted by atomic mass is 16.6. The van der Waals surface area contributed by atoms with Crippen molar-refractivity contribution in [3.63, 3.8) is 0 Å². The molecule has 0 saturated carbocycles. The van der Waals surface area contributed by atoms with E-state index in [1.807, 2.05) is 30.3 Å². The smallest absolute Gasteiger partial charge is 0.336 e. The number of allylic oxidation sites excluding steroid dienone is 2. The summed E-state index contributed by atoms with van der Waals surface area (Å²) < 4.78 is 22.0. The van der Waals surface area contributed by atoms with Gasteiger partial charge in [-0.15, -0.1) is 0 Å². The molecular formula is C32H41N3O8. The van der Waals surface area contributed by atoms with Crippen molar-refractivity contribution in [2.45, 2.75) is 58.4 Å². The molecule has 11 nitrogen and oxygen atoms in total. The number of carbonyl (C=O) groups excluding carboxylic acids is 2. The van der Waals surface area contributed by atoms with E-state index in [9.17, 15) is 19.7 Å². The monoisotopic (exact) mass is 595 g/mol. The van der Waals surface area contributed by atoms with Crippen LogP contribution < -0.4 is 20.1 Å². The summed E-state index contributed by atoms with van der Waals surface area (Å²) in [5.41, 5.74) is 1.32. The van der Waals surface area contributed by atoms with E-state index in [1.54, 1.807) is 13.8 Å². The van der Waals surface area contributed by atoms with Gasteiger partial charge in [-0.2, -0.15) is 0 Å². The average molecular weight is 596 g/mol. The summed E-state index contributed by atoms with van der Waals surface area (Å²) in [5, 5.41) is 18.3. The van der Waals surface area contributed by atoms with Crippen molar-refractivity contribution in [1.82, 2.24) is 10.6 Å². The lowest BCUT2D eigenvalue weighted by Gasteiger charge is -2.30. The van der Waals surface area contributed by atoms with Crippen molar-refractivity contribution in [2.24, 2.45) is 0 Å². The SMILES string of the molecule is CCC(CCCOc1ccc([N+](=O)[O-])cc1C1C(C(=O)OC)=C(C)NC(C)=C1C(=O)OC)NCCCOc1ccccc1. The van der Waals surface area contributed by atoms with Crippen LogP contribution in [0.5, 0.6) is 11.5 Å². The van der Waals surface area contributed by atoms with Crippen molar-refractivity contribution >= 4 is 17.6 Å². The second-order valence-electron chi connectivity index (χ2n) is 10.2. The number of nitrogens with one attached hydrogen (secondary N) is 2. The molecule has 11 heteroatoms. The van der Waals surface area contributed by atoms with Crippen molar-refractivity contribution in [2.75, 3.05) is 34.0 Å². The largest absolute Gasteiger partial charge is 0.494 e. The lowest BCUT2D eigenvalue weighted by molar-refractivity contribution is -0.384. The van der Waals surface area contributed by atoms with Crippen LogP contribution in [0.4, 0.5) is 5.69 Å². The maximum atomic E-state index is 12.9. The molecule has 0 fully saturated rings. The maximum Gasteiger partial charge on any atom is 0.336 e. The number of rotatable bonds is 16. The van der Waals surface area contributed by atoms with Gasteiger partial charge in [-0.1, -0.05) is 25.1 Å². The zero-order chi connectivity index (χ0) is 31.4. The van der Waals surface area contributed by atoms with E-state index < -0.39 is 22.8 Å². The minimum absolute atomic E-state index is 0.144. The topological polar surface area (TPSA) is 138 Å². The zero-order valence-corrected chi connectivity index (χ0v) is 25.4. The minimum Gasteiger partial charge on any atom is -0.494 e. The summed E-state index contributed by atoms with van der Waals surface area (Å²) in [5.74, 6) is -1.16. The third-order valence-electron chi connectivity index (χ3n) is 7.30. The van der Waals surface area contributed by atoms with Gasteiger partial charge in [0.15, 0.2) is 0 Å². The Kier molecular flexibility index (Phi) is 12.6. The van der Waals surface area contributed by atoms with Gasteiger partial charge in [-0.25, -0.2) is 9.59 Å². The van der Waals surface area contributed by atoms with Crippen molar-refractivity contribution in [1.29, 1.82) is 0 Å². The van der Waals surface area contributed by atoms with Gasteiger partial charge in [0, 0.05) is 35.1 Å². The normalized spacial score (nSPS) is 14.2. The van der Waals surface area contributed by atoms with Crippen LogP contribution in [0.1, 0.15) is 57.9 Å². The molecule has 0 saturated heterocycles. The van der Waals surface area contributed by atoms with Gasteiger partial charge < -0.3 is 29.6 Å². The van der Waals surface area contributed by atoms with Crippen LogP contribution in [-0.4, -0.2) is 56.9 Å². The molecule has 1 heterocycles. The molecule has 43 heavy (non-hydrogen) atoms. The number of methoxy groups -OCH3 is 2. The maximum absolute atomic E-state index is 12.9. The van der Waals surface area contributed by atoms with Crippen LogP contribution in [0.2, 0.25) is 0 Å². The zero-order valence-electron chi connectivity index (χ0n) is 25.4. The van der Waals surface area contributed by atoms with E-state index in [-0.39, 0.29) is 22.9 Å². The standard InChI is InChI=1S/C32H41N3O8/c1-6-23(33-17-11-19-42-25-13-8-7-9-14-25)12-10-18-43-27-16-15-24(35(38)39)20-26(27)30-28(31(36)40-4)21(2)34-22(3)29(30)32(37)41-5/h7-9,13-16,20,23,30,33-34H,6,10-12,17-19H2,1-5H3. The van der Waals surface area contributed by atoms with E-state index in [0.29, 0.717) is 42.3 Å². The fourth-order valence-electron chi connectivity index (χ4n) is 5.12. The van der Waals surface area contributed by atoms with E-state index in [1.165, 1.54) is 32.4 Å². The average Bonchev–Trinajstić information content (AvgIpc) is 3.01. The Balaban J connectivity index is 1.72. The van der Waals surface area contributed by atoms with Crippen LogP contribution in [0.25, 0.3) is 0 Å². The molecule has 0 spiro atoms. The molecule has 0 aromatic heterocycles. The number of ether oxygens (including phenoxy) is 4. The van der Waals surface area contributed by atoms with E-state index in [2.05, 4.69) is 17.6 Å². The number of nitrogens with zero attached hydrogens (tertiary/aromatic N) is 1. The van der Waals surface area contributed by atoms with Crippen LogP contribution in [0, 0.1) is 10.1 Å². The molecule has 1 aliphatic rings. The van der Waals surface area contributed by atoms with E-state index in [4.69, 9.17) is 18.9 Å². The van der Waals surface area contributed by atoms with Gasteiger partial charge in [0.1, 0.15) is 11.5 Å². The molecule has 0 bridgehead atoms. The number of hydrogen-bond donors (Lipinski definition) is 2. The van der Waals surface area contributed by atoms with Crippen molar-refractivity contribution < 1.29 is 33.5 Å². The summed E-state index contributed by atoms with van der Waals surface area (Å²) in [7, 11) is 2.48. The fraction of sp³-hybridized carbons (Fsp3) is 0.438. The molecule has 1 atom stereocenters. The molecule has 2 N–H and O–H groups in total. The molecule has 0 aliphatic carbocycles. The van der Waals surface area contributed by atoms with Gasteiger partial charge in [-0.3, -0.25) is 10.1 Å². The quantitative estimate of drug-likeness (QED) is 0.116. The Morgan fingerprint density at radius 2 is 1.58 bits per heavy atom. The Hall–Kier alpha value is -4.38. The second kappa shape index (κ2) is 16.3. The molecule has 3 rings (SSSR count). The minimum atomic E-state index is -1.00. The molecule has 0 amide bonds. The Morgan fingerprint density at radius 1 is 0.953 bits per heavy atom. The van der Waals surface area contributed by atoms with Crippen molar-refractivity contribution in [3.05, 3.63) is 86.7 Å². The molecule has 232 valence electrons. The number of nitro benzene ring substituents is 1. The lowest BCUT2D eigenvalue weighted by Crippen LogP contribution is -2.32. The number of para-hydroxylation sites is 1. The predicted octanol–water partition coefficient (Wildman–Crippen LogP) is 5.17. The van der Waals surface area contributed by atoms with E-state index in [0.717, 1.165) is 31.6 Å². The second-order valence-corrected chi connectivity index (χ2v) is 10.2. The number of nitro groups is 1. The first-order valence-corrected chi connectivity index (χ1v) is 14.4. The van der Waals surface area contributed by atoms with Crippen LogP contribution in [0.15, 0.2) is 71.1 Å². The fourth-order valence-corrected chi connectivity index (χ4v) is 5.12. The third kappa shape index (κ3) is 8.81. The van der Waals surface area contributed by atoms with E-state index >= 15 is 0 Å². The number of carbonyl (C=O) groups is 2. The Bertz CT molecular complexity index is 1300. The summed E-state index contributed by atoms with van der Waals surface area (Å²) in [6.45, 7) is 7.26. The van der Waals surface area contributed by atoms with Crippen LogP contribution in [-0.2, 0) is 19.1 Å². The molecule has 2 aromatic carbocycles. The van der Waals surface area contributed by atoms with Gasteiger partial charge in [0.05, 0.1) is 49.4 Å². The highest BCUT2D eigenvalue weighted by Gasteiger charge is 2.39. The summed E-state index contributed by atoms with van der Waals surface area (Å²) >= 11 is 0. The first kappa shape index (κ1) is 33.1. The lowest BCUT2D eigenvalue weighted by atomic mass is 9.80. The predicted molar refractivity (Wildman–Crippen MR) is 162 cm³/mol. The first-order valence-electron chi connectivity index (χ1n) is 14.4. The first-order chi connectivity index (χ1) is 20.7. The van der Waals surface area contributed by atoms with Gasteiger partial charge in [0.25, 0.3) is 5.69 Å². The number of dihydropyridines is 1. The van der Waals surface area contributed by atoms with Crippen LogP contribution in [0.3, 0.4) is 0 Å². The molecule has 1 aliphatic heterocycles.